The molecule has 1 aromatic rings. The number of esters is 2. The van der Waals surface area contributed by atoms with E-state index in [0.717, 1.165) is 5.57 Å². The molecule has 0 saturated heterocycles. The van der Waals surface area contributed by atoms with Crippen molar-refractivity contribution in [1.29, 1.82) is 0 Å². The van der Waals surface area contributed by atoms with E-state index in [-0.39, 0.29) is 74.4 Å². The molecule has 4 aliphatic rings. The second-order valence-electron chi connectivity index (χ2n) is 16.8. The number of fused-ring (bicyclic) bond motifs is 5. The maximum absolute atomic E-state index is 14.7. The quantitative estimate of drug-likeness (QED) is 0.0232. The summed E-state index contributed by atoms with van der Waals surface area (Å²) in [5.74, 6) is -4.61. The van der Waals surface area contributed by atoms with Crippen LogP contribution in [0.5, 0.6) is 11.5 Å². The van der Waals surface area contributed by atoms with Gasteiger partial charge in [-0.25, -0.2) is 9.59 Å². The molecule has 2 fully saturated rings. The zero-order valence-electron chi connectivity index (χ0n) is 36.0. The second kappa shape index (κ2) is 20.4. The summed E-state index contributed by atoms with van der Waals surface area (Å²) in [7, 11) is 1.22. The van der Waals surface area contributed by atoms with Crippen LogP contribution in [0.2, 0.25) is 0 Å². The van der Waals surface area contributed by atoms with E-state index in [1.807, 2.05) is 13.0 Å². The van der Waals surface area contributed by atoms with Crippen LogP contribution in [0.1, 0.15) is 88.9 Å². The first-order chi connectivity index (χ1) is 30.6. The summed E-state index contributed by atoms with van der Waals surface area (Å²) in [6.45, 7) is 3.10. The number of carbonyl (C=O) groups excluding carboxylic acids is 5. The average Bonchev–Trinajstić information content (AvgIpc) is 3.45. The number of aliphatic hydroxyl groups excluding tert-OH is 1. The summed E-state index contributed by atoms with van der Waals surface area (Å²) < 4.78 is 27.4. The maximum Gasteiger partial charge on any atom is 0.514 e. The van der Waals surface area contributed by atoms with E-state index in [4.69, 9.17) is 35.3 Å². The number of alkyl halides is 1. The van der Waals surface area contributed by atoms with Crippen molar-refractivity contribution in [1.82, 2.24) is 0 Å². The molecule has 356 valence electrons. The lowest BCUT2D eigenvalue weighted by Gasteiger charge is -2.63. The molecular formula is C41H50ClN3O20. The van der Waals surface area contributed by atoms with Gasteiger partial charge in [0.05, 0.1) is 36.9 Å². The van der Waals surface area contributed by atoms with Gasteiger partial charge in [0.25, 0.3) is 15.3 Å². The molecule has 1 N–H and O–H groups in total. The lowest BCUT2D eigenvalue weighted by atomic mass is 9.46. The molecular weight excluding hydrogens is 890 g/mol. The molecule has 4 aliphatic carbocycles. The highest BCUT2D eigenvalue weighted by molar-refractivity contribution is 6.26. The zero-order valence-corrected chi connectivity index (χ0v) is 36.7. The molecule has 5 rings (SSSR count). The Morgan fingerprint density at radius 1 is 0.954 bits per heavy atom. The number of carbonyl (C=O) groups is 5. The summed E-state index contributed by atoms with van der Waals surface area (Å²) in [5.41, 5.74) is -3.46. The Balaban J connectivity index is 1.28. The van der Waals surface area contributed by atoms with Crippen molar-refractivity contribution in [2.45, 2.75) is 101 Å². The number of hydrogen-bond acceptors (Lipinski definition) is 20. The normalized spacial score (nSPS) is 29.0. The van der Waals surface area contributed by atoms with Crippen LogP contribution in [-0.2, 0) is 43.1 Å². The Labute approximate surface area is 375 Å². The van der Waals surface area contributed by atoms with Gasteiger partial charge in [-0.2, -0.15) is 0 Å². The molecule has 9 atom stereocenters. The van der Waals surface area contributed by atoms with Crippen LogP contribution in [0, 0.1) is 58.9 Å². The number of rotatable bonds is 22. The van der Waals surface area contributed by atoms with Crippen molar-refractivity contribution in [2.75, 3.05) is 33.5 Å². The number of ether oxygens (including phenoxy) is 5. The van der Waals surface area contributed by atoms with Crippen LogP contribution in [-0.4, -0.2) is 106 Å². The number of benzene rings is 1. The average molecular weight is 940 g/mol. The van der Waals surface area contributed by atoms with Gasteiger partial charge in [0.15, 0.2) is 29.5 Å². The standard InChI is InChI=1S/C41H50ClN3O20/c1-24-18-30-29-12-11-26-20-27(46)14-15-38(26,2)40(29,42)33(47)21-39(30,3)41(24,64-35(49)9-7-17-61-43(52)53)34(48)23-60-37(51)63-31-13-10-25(19-32(31)58-4)36(50)59-16-6-5-8-28(65-45(56)57)22-62-44(54)55/h10-11,13-15,19,24,28-30,33,47H,5-9,12,16-18,20-23H2,1-4H3/t24-,28?,29?,30?,33-,38-,39-,40-,41-/m0/s1. The Morgan fingerprint density at radius 3 is 2.35 bits per heavy atom. The first-order valence-electron chi connectivity index (χ1n) is 20.7. The van der Waals surface area contributed by atoms with Crippen molar-refractivity contribution >= 4 is 41.3 Å². The van der Waals surface area contributed by atoms with Crippen molar-refractivity contribution in [3.05, 3.63) is 77.9 Å². The fourth-order valence-electron chi connectivity index (χ4n) is 10.3. The molecule has 23 nitrogen and oxygen atoms in total. The Kier molecular flexibility index (Phi) is 15.7. The molecule has 2 saturated carbocycles. The van der Waals surface area contributed by atoms with E-state index in [1.165, 1.54) is 31.4 Å². The number of methoxy groups -OCH3 is 1. The molecule has 0 aliphatic heterocycles. The van der Waals surface area contributed by atoms with Gasteiger partial charge in [0.1, 0.15) is 12.7 Å². The van der Waals surface area contributed by atoms with Crippen LogP contribution < -0.4 is 9.47 Å². The second-order valence-corrected chi connectivity index (χ2v) is 17.4. The molecule has 65 heavy (non-hydrogen) atoms. The molecule has 0 bridgehead atoms. The molecule has 0 aromatic heterocycles. The molecule has 1 aromatic carbocycles. The summed E-state index contributed by atoms with van der Waals surface area (Å²) in [6.07, 6.45) is 1.82. The fraction of sp³-hybridized carbons (Fsp3) is 0.634. The van der Waals surface area contributed by atoms with E-state index in [9.17, 15) is 59.4 Å². The molecule has 24 heteroatoms. The van der Waals surface area contributed by atoms with Crippen molar-refractivity contribution < 1.29 is 82.5 Å². The van der Waals surface area contributed by atoms with Crippen LogP contribution >= 0.6 is 11.6 Å². The summed E-state index contributed by atoms with van der Waals surface area (Å²) in [4.78, 5) is 110. The van der Waals surface area contributed by atoms with Crippen LogP contribution in [0.4, 0.5) is 4.79 Å². The number of hydrogen-bond donors (Lipinski definition) is 1. The lowest BCUT2D eigenvalue weighted by molar-refractivity contribution is -0.790. The fourth-order valence-corrected chi connectivity index (χ4v) is 10.8. The SMILES string of the molecule is COc1cc(C(=O)OCCCCC(CO[N+](=O)[O-])O[N+](=O)[O-])ccc1OC(=O)OCC(=O)[C@@]1(OC(=O)CCCO[N+](=O)[O-])[C@@H](C)CC2C3CC=C4CC(=O)C=C[C@]4(C)[C@@]3(Cl)[C@@H](O)C[C@@]21C. The molecule has 0 amide bonds. The van der Waals surface area contributed by atoms with E-state index in [0.29, 0.717) is 12.8 Å². The van der Waals surface area contributed by atoms with Gasteiger partial charge >= 0.3 is 18.1 Å². The van der Waals surface area contributed by atoms with Crippen LogP contribution in [0.3, 0.4) is 0 Å². The lowest BCUT2D eigenvalue weighted by Crippen LogP contribution is -2.69. The Morgan fingerprint density at radius 2 is 1.68 bits per heavy atom. The van der Waals surface area contributed by atoms with Gasteiger partial charge < -0.3 is 43.3 Å². The van der Waals surface area contributed by atoms with Gasteiger partial charge in [0.2, 0.25) is 5.78 Å². The van der Waals surface area contributed by atoms with E-state index in [2.05, 4.69) is 14.5 Å². The van der Waals surface area contributed by atoms with Gasteiger partial charge in [-0.1, -0.05) is 38.5 Å². The van der Waals surface area contributed by atoms with Crippen molar-refractivity contribution in [2.24, 2.45) is 28.6 Å². The van der Waals surface area contributed by atoms with Crippen LogP contribution in [0.25, 0.3) is 0 Å². The number of Topliss-reactive ketones (excluding diaryl/α,β-unsaturated/α-hetero) is 1. The number of ketones is 2. The van der Waals surface area contributed by atoms with Crippen molar-refractivity contribution in [3.8, 4) is 11.5 Å². The van der Waals surface area contributed by atoms with E-state index in [1.54, 1.807) is 19.9 Å². The number of unbranched alkanes of at least 4 members (excludes halogenated alkanes) is 1. The molecule has 0 spiro atoms. The number of nitrogens with zero attached hydrogens (tertiary/aromatic N) is 3. The molecule has 3 unspecified atom stereocenters. The number of allylic oxidation sites excluding steroid dienone is 4. The van der Waals surface area contributed by atoms with E-state index >= 15 is 0 Å². The molecule has 0 heterocycles. The highest BCUT2D eigenvalue weighted by Crippen LogP contribution is 2.71. The minimum absolute atomic E-state index is 0.0122. The highest BCUT2D eigenvalue weighted by Gasteiger charge is 2.76. The third-order valence-corrected chi connectivity index (χ3v) is 14.1. The maximum atomic E-state index is 14.7. The van der Waals surface area contributed by atoms with Gasteiger partial charge in [-0.15, -0.1) is 41.9 Å². The zero-order chi connectivity index (χ0) is 47.9. The predicted octanol–water partition coefficient (Wildman–Crippen LogP) is 5.05. The van der Waals surface area contributed by atoms with Crippen LogP contribution in [0.15, 0.2) is 42.0 Å². The third-order valence-electron chi connectivity index (χ3n) is 13.2. The topological polar surface area (TPSA) is 309 Å². The summed E-state index contributed by atoms with van der Waals surface area (Å²) in [6, 6.07) is 3.65. The first-order valence-corrected chi connectivity index (χ1v) is 21.1. The summed E-state index contributed by atoms with van der Waals surface area (Å²) in [5, 5.41) is 40.7. The first kappa shape index (κ1) is 49.9. The number of aliphatic hydroxyl groups is 1. The third kappa shape index (κ3) is 10.2. The summed E-state index contributed by atoms with van der Waals surface area (Å²) >= 11 is 7.58. The minimum atomic E-state index is -2.00. The van der Waals surface area contributed by atoms with Gasteiger partial charge in [-0.3, -0.25) is 14.4 Å². The largest absolute Gasteiger partial charge is 0.514 e. The van der Waals surface area contributed by atoms with E-state index < -0.39 is 110 Å². The predicted molar refractivity (Wildman–Crippen MR) is 218 cm³/mol. The number of halogens is 1. The highest BCUT2D eigenvalue weighted by atomic mass is 35.5. The molecule has 0 radical (unpaired) electrons. The minimum Gasteiger partial charge on any atom is -0.493 e. The van der Waals surface area contributed by atoms with Crippen molar-refractivity contribution in [3.63, 3.8) is 0 Å². The van der Waals surface area contributed by atoms with Gasteiger partial charge in [-0.05, 0) is 81.1 Å². The van der Waals surface area contributed by atoms with Gasteiger partial charge in [0, 0.05) is 29.6 Å². The Bertz CT molecular complexity index is 2120. The Hall–Kier alpha value is -6.10. The monoisotopic (exact) mass is 939 g/mol. The smallest absolute Gasteiger partial charge is 0.493 e.